The van der Waals surface area contributed by atoms with Crippen LogP contribution in [0.4, 0.5) is 11.5 Å². The highest BCUT2D eigenvalue weighted by Gasteiger charge is 2.41. The van der Waals surface area contributed by atoms with Crippen molar-refractivity contribution in [3.63, 3.8) is 0 Å². The van der Waals surface area contributed by atoms with Gasteiger partial charge in [0.1, 0.15) is 16.4 Å². The van der Waals surface area contributed by atoms with Gasteiger partial charge in [-0.25, -0.2) is 9.97 Å². The first kappa shape index (κ1) is 20.2. The summed E-state index contributed by atoms with van der Waals surface area (Å²) < 4.78 is 1.58. The quantitative estimate of drug-likeness (QED) is 0.648. The highest BCUT2D eigenvalue weighted by Crippen LogP contribution is 2.36. The van der Waals surface area contributed by atoms with Gasteiger partial charge in [-0.05, 0) is 18.6 Å². The number of hydrogen-bond acceptors (Lipinski definition) is 7. The summed E-state index contributed by atoms with van der Waals surface area (Å²) in [6, 6.07) is 5.20. The topological polar surface area (TPSA) is 119 Å². The molecule has 3 aromatic heterocycles. The summed E-state index contributed by atoms with van der Waals surface area (Å²) >= 11 is 1.45. The number of rotatable bonds is 5. The molecule has 9 nitrogen and oxygen atoms in total. The van der Waals surface area contributed by atoms with Crippen LogP contribution < -0.4 is 16.0 Å². The third-order valence-electron chi connectivity index (χ3n) is 5.05. The van der Waals surface area contributed by atoms with Gasteiger partial charge in [-0.3, -0.25) is 19.2 Å². The van der Waals surface area contributed by atoms with Crippen molar-refractivity contribution in [2.45, 2.75) is 26.8 Å². The molecule has 2 amide bonds. The van der Waals surface area contributed by atoms with Crippen LogP contribution in [0.15, 0.2) is 30.6 Å². The van der Waals surface area contributed by atoms with Gasteiger partial charge in [-0.1, -0.05) is 19.9 Å². The van der Waals surface area contributed by atoms with Crippen LogP contribution in [0.25, 0.3) is 10.7 Å². The van der Waals surface area contributed by atoms with Crippen molar-refractivity contribution in [1.82, 2.24) is 19.7 Å². The van der Waals surface area contributed by atoms with Crippen LogP contribution in [0, 0.1) is 5.41 Å². The smallest absolute Gasteiger partial charge is 0.274 e. The Morgan fingerprint density at radius 2 is 2.17 bits per heavy atom. The molecular weight excluding hydrogens is 402 g/mol. The summed E-state index contributed by atoms with van der Waals surface area (Å²) in [4.78, 5) is 36.9. The molecule has 0 unspecified atom stereocenters. The first-order valence-electron chi connectivity index (χ1n) is 9.57. The van der Waals surface area contributed by atoms with Crippen molar-refractivity contribution >= 4 is 34.7 Å². The summed E-state index contributed by atoms with van der Waals surface area (Å²) in [5, 5.41) is 7.96. The predicted octanol–water partition coefficient (Wildman–Crippen LogP) is 2.41. The standard InChI is InChI=1S/C20H23N7O2S/c1-20(2)7-8-27(19(20)29)16-15(11-26(3)25-16)24-17(28)13-5-4-6-14(23-13)18-22-10-12(9-21)30-18/h4-6,10-11H,7-9,21H2,1-3H3,(H,24,28). The molecule has 1 aliphatic heterocycles. The van der Waals surface area contributed by atoms with Crippen molar-refractivity contribution in [2.24, 2.45) is 18.2 Å². The first-order chi connectivity index (χ1) is 14.3. The maximum absolute atomic E-state index is 12.9. The van der Waals surface area contributed by atoms with E-state index in [-0.39, 0.29) is 17.5 Å². The van der Waals surface area contributed by atoms with Gasteiger partial charge in [0.15, 0.2) is 5.82 Å². The van der Waals surface area contributed by atoms with Crippen LogP contribution in [0.2, 0.25) is 0 Å². The normalized spacial score (nSPS) is 15.6. The van der Waals surface area contributed by atoms with Gasteiger partial charge in [-0.15, -0.1) is 11.3 Å². The lowest BCUT2D eigenvalue weighted by molar-refractivity contribution is -0.124. The largest absolute Gasteiger partial charge is 0.326 e. The molecule has 1 saturated heterocycles. The Hall–Kier alpha value is -3.11. The van der Waals surface area contributed by atoms with Crippen LogP contribution in [0.5, 0.6) is 0 Å². The van der Waals surface area contributed by atoms with Gasteiger partial charge in [-0.2, -0.15) is 5.10 Å². The van der Waals surface area contributed by atoms with Crippen LogP contribution in [-0.4, -0.2) is 38.1 Å². The van der Waals surface area contributed by atoms with Crippen molar-refractivity contribution in [3.05, 3.63) is 41.2 Å². The molecule has 1 aliphatic rings. The van der Waals surface area contributed by atoms with Crippen LogP contribution in [-0.2, 0) is 18.4 Å². The molecule has 4 rings (SSSR count). The monoisotopic (exact) mass is 425 g/mol. The molecule has 156 valence electrons. The van der Waals surface area contributed by atoms with Gasteiger partial charge in [0.2, 0.25) is 5.91 Å². The molecule has 30 heavy (non-hydrogen) atoms. The summed E-state index contributed by atoms with van der Waals surface area (Å²) in [6.45, 7) is 4.81. The van der Waals surface area contributed by atoms with E-state index in [0.29, 0.717) is 35.3 Å². The average molecular weight is 426 g/mol. The Morgan fingerprint density at radius 1 is 1.37 bits per heavy atom. The van der Waals surface area contributed by atoms with E-state index < -0.39 is 5.41 Å². The Labute approximate surface area is 177 Å². The molecule has 1 fully saturated rings. The summed E-state index contributed by atoms with van der Waals surface area (Å²) in [5.74, 6) is 0.0639. The number of nitrogens with one attached hydrogen (secondary N) is 1. The number of aryl methyl sites for hydroxylation is 1. The molecule has 3 N–H and O–H groups in total. The van der Waals surface area contributed by atoms with Crippen LogP contribution in [0.3, 0.4) is 0 Å². The summed E-state index contributed by atoms with van der Waals surface area (Å²) in [7, 11) is 1.75. The second-order valence-corrected chi connectivity index (χ2v) is 8.94. The number of pyridine rings is 1. The number of thiazole rings is 1. The maximum atomic E-state index is 12.9. The minimum Gasteiger partial charge on any atom is -0.326 e. The highest BCUT2D eigenvalue weighted by molar-refractivity contribution is 7.14. The number of anilines is 2. The van der Waals surface area contributed by atoms with Gasteiger partial charge < -0.3 is 11.1 Å². The third-order valence-corrected chi connectivity index (χ3v) is 6.10. The number of hydrogen-bond donors (Lipinski definition) is 2. The van der Waals surface area contributed by atoms with Crippen LogP contribution >= 0.6 is 11.3 Å². The molecule has 0 bridgehead atoms. The molecule has 0 aliphatic carbocycles. The van der Waals surface area contributed by atoms with E-state index >= 15 is 0 Å². The fourth-order valence-corrected chi connectivity index (χ4v) is 4.08. The van der Waals surface area contributed by atoms with E-state index in [4.69, 9.17) is 5.73 Å². The maximum Gasteiger partial charge on any atom is 0.274 e. The van der Waals surface area contributed by atoms with E-state index in [0.717, 1.165) is 11.3 Å². The van der Waals surface area contributed by atoms with E-state index in [9.17, 15) is 9.59 Å². The third kappa shape index (κ3) is 3.71. The zero-order valence-corrected chi connectivity index (χ0v) is 17.9. The van der Waals surface area contributed by atoms with E-state index in [2.05, 4.69) is 20.4 Å². The van der Waals surface area contributed by atoms with Crippen molar-refractivity contribution in [3.8, 4) is 10.7 Å². The van der Waals surface area contributed by atoms with Crippen molar-refractivity contribution in [1.29, 1.82) is 0 Å². The Balaban J connectivity index is 1.58. The molecule has 10 heteroatoms. The SMILES string of the molecule is Cn1cc(NC(=O)c2cccc(-c3ncc(CN)s3)n2)c(N2CCC(C)(C)C2=O)n1. The minimum absolute atomic E-state index is 0.00343. The van der Waals surface area contributed by atoms with Crippen molar-refractivity contribution in [2.75, 3.05) is 16.8 Å². The Morgan fingerprint density at radius 3 is 2.83 bits per heavy atom. The molecule has 0 atom stereocenters. The zero-order chi connectivity index (χ0) is 21.5. The number of nitrogens with zero attached hydrogens (tertiary/aromatic N) is 5. The first-order valence-corrected chi connectivity index (χ1v) is 10.4. The highest BCUT2D eigenvalue weighted by atomic mass is 32.1. The van der Waals surface area contributed by atoms with Crippen molar-refractivity contribution < 1.29 is 9.59 Å². The van der Waals surface area contributed by atoms with E-state index in [1.54, 1.807) is 47.2 Å². The molecule has 0 spiro atoms. The van der Waals surface area contributed by atoms with Gasteiger partial charge in [0.05, 0.1) is 11.9 Å². The van der Waals surface area contributed by atoms with E-state index in [1.165, 1.54) is 11.3 Å². The average Bonchev–Trinajstić information content (AvgIpc) is 3.41. The van der Waals surface area contributed by atoms with Gasteiger partial charge in [0, 0.05) is 36.6 Å². The Kier molecular flexibility index (Phi) is 5.12. The second kappa shape index (κ2) is 7.62. The molecule has 0 radical (unpaired) electrons. The van der Waals surface area contributed by atoms with Gasteiger partial charge in [0.25, 0.3) is 5.91 Å². The lowest BCUT2D eigenvalue weighted by atomic mass is 9.92. The lowest BCUT2D eigenvalue weighted by Gasteiger charge is -2.18. The molecule has 0 saturated carbocycles. The summed E-state index contributed by atoms with van der Waals surface area (Å²) in [5.41, 5.74) is 6.54. The Bertz CT molecular complexity index is 1120. The number of carbonyl (C=O) groups is 2. The second-order valence-electron chi connectivity index (χ2n) is 7.83. The van der Waals surface area contributed by atoms with Gasteiger partial charge >= 0.3 is 0 Å². The zero-order valence-electron chi connectivity index (χ0n) is 17.0. The fourth-order valence-electron chi connectivity index (χ4n) is 3.32. The molecule has 4 heterocycles. The fraction of sp³-hybridized carbons (Fsp3) is 0.350. The number of amides is 2. The lowest BCUT2D eigenvalue weighted by Crippen LogP contribution is -2.32. The molecular formula is C20H23N7O2S. The summed E-state index contributed by atoms with van der Waals surface area (Å²) in [6.07, 6.45) is 4.13. The molecule has 0 aromatic carbocycles. The number of aromatic nitrogens is 4. The van der Waals surface area contributed by atoms with E-state index in [1.807, 2.05) is 13.8 Å². The molecule has 3 aromatic rings. The van der Waals surface area contributed by atoms with Crippen LogP contribution in [0.1, 0.15) is 35.6 Å². The number of carbonyl (C=O) groups excluding carboxylic acids is 2. The minimum atomic E-state index is -0.440. The number of nitrogens with two attached hydrogens (primary N) is 1. The predicted molar refractivity (Wildman–Crippen MR) is 115 cm³/mol.